The van der Waals surface area contributed by atoms with Crippen molar-refractivity contribution in [2.75, 3.05) is 0 Å². The number of benzene rings is 3. The molecule has 0 bridgehead atoms. The lowest BCUT2D eigenvalue weighted by Gasteiger charge is -2.37. The number of rotatable bonds is 4. The summed E-state index contributed by atoms with van der Waals surface area (Å²) in [6.45, 7) is 3.95. The highest BCUT2D eigenvalue weighted by Crippen LogP contribution is 2.45. The second kappa shape index (κ2) is 7.33. The lowest BCUT2D eigenvalue weighted by atomic mass is 9.83. The minimum Gasteiger partial charge on any atom is -0.321 e. The van der Waals surface area contributed by atoms with Crippen LogP contribution in [0.3, 0.4) is 0 Å². The van der Waals surface area contributed by atoms with Crippen molar-refractivity contribution in [3.05, 3.63) is 105 Å². The predicted octanol–water partition coefficient (Wildman–Crippen LogP) is 6.12. The Morgan fingerprint density at radius 1 is 0.931 bits per heavy atom. The number of hydrogen-bond donors (Lipinski definition) is 0. The molecule has 0 N–H and O–H groups in total. The summed E-state index contributed by atoms with van der Waals surface area (Å²) in [5, 5.41) is 1.29. The maximum atomic E-state index is 13.5. The number of carbonyl (C=O) groups is 2. The number of amides is 1. The molecule has 0 aliphatic carbocycles. The van der Waals surface area contributed by atoms with Crippen LogP contribution in [0.25, 0.3) is 0 Å². The largest absolute Gasteiger partial charge is 0.321 e. The van der Waals surface area contributed by atoms with Gasteiger partial charge in [0.2, 0.25) is 0 Å². The van der Waals surface area contributed by atoms with Gasteiger partial charge in [0.05, 0.1) is 5.54 Å². The van der Waals surface area contributed by atoms with Gasteiger partial charge in [0, 0.05) is 27.7 Å². The van der Waals surface area contributed by atoms with Crippen LogP contribution in [0, 0.1) is 0 Å². The van der Waals surface area contributed by atoms with Crippen molar-refractivity contribution in [1.29, 1.82) is 0 Å². The molecule has 1 heterocycles. The molecule has 1 aliphatic heterocycles. The van der Waals surface area contributed by atoms with E-state index in [1.54, 1.807) is 12.1 Å². The SMILES string of the molecule is CC(=O)c1ccc2c(c1)C(=O)N(Cc1ccc(Cl)cc1)C2(C)c1ccc(Cl)cc1. The predicted molar refractivity (Wildman–Crippen MR) is 116 cm³/mol. The van der Waals surface area contributed by atoms with Crippen LogP contribution in [0.1, 0.15) is 51.3 Å². The zero-order valence-electron chi connectivity index (χ0n) is 16.1. The molecular formula is C24H19Cl2NO2. The molecule has 4 rings (SSSR count). The molecule has 0 saturated carbocycles. The minimum atomic E-state index is -0.689. The van der Waals surface area contributed by atoms with Crippen molar-refractivity contribution in [2.24, 2.45) is 0 Å². The fraction of sp³-hybridized carbons (Fsp3) is 0.167. The fourth-order valence-corrected chi connectivity index (χ4v) is 4.20. The van der Waals surface area contributed by atoms with Gasteiger partial charge in [-0.25, -0.2) is 0 Å². The number of ketones is 1. The number of nitrogens with zero attached hydrogens (tertiary/aromatic N) is 1. The summed E-state index contributed by atoms with van der Waals surface area (Å²) in [6, 6.07) is 20.4. The Morgan fingerprint density at radius 2 is 1.52 bits per heavy atom. The maximum Gasteiger partial charge on any atom is 0.255 e. The van der Waals surface area contributed by atoms with Crippen LogP contribution in [-0.4, -0.2) is 16.6 Å². The highest BCUT2D eigenvalue weighted by molar-refractivity contribution is 6.30. The first-order valence-corrected chi connectivity index (χ1v) is 10.0. The second-order valence-corrected chi connectivity index (χ2v) is 8.29. The molecule has 1 atom stereocenters. The van der Waals surface area contributed by atoms with Gasteiger partial charge in [-0.2, -0.15) is 0 Å². The number of halogens is 2. The van der Waals surface area contributed by atoms with E-state index < -0.39 is 5.54 Å². The lowest BCUT2D eigenvalue weighted by molar-refractivity contribution is 0.0630. The summed E-state index contributed by atoms with van der Waals surface area (Å²) in [5.74, 6) is -0.166. The van der Waals surface area contributed by atoms with E-state index in [4.69, 9.17) is 23.2 Å². The Bertz CT molecular complexity index is 1110. The monoisotopic (exact) mass is 423 g/mol. The molecule has 5 heteroatoms. The van der Waals surface area contributed by atoms with E-state index in [0.29, 0.717) is 27.7 Å². The molecular weight excluding hydrogens is 405 g/mol. The number of carbonyl (C=O) groups excluding carboxylic acids is 2. The summed E-state index contributed by atoms with van der Waals surface area (Å²) in [7, 11) is 0. The van der Waals surface area contributed by atoms with Crippen LogP contribution in [0.4, 0.5) is 0 Å². The summed E-state index contributed by atoms with van der Waals surface area (Å²) >= 11 is 12.1. The van der Waals surface area contributed by atoms with Gasteiger partial charge in [0.1, 0.15) is 0 Å². The number of fused-ring (bicyclic) bond motifs is 1. The van der Waals surface area contributed by atoms with Gasteiger partial charge in [0.25, 0.3) is 5.91 Å². The van der Waals surface area contributed by atoms with Crippen LogP contribution < -0.4 is 0 Å². The van der Waals surface area contributed by atoms with Gasteiger partial charge < -0.3 is 4.90 Å². The number of Topliss-reactive ketones (excluding diaryl/α,β-unsaturated/α-hetero) is 1. The van der Waals surface area contributed by atoms with Crippen LogP contribution in [0.15, 0.2) is 66.7 Å². The molecule has 1 unspecified atom stereocenters. The van der Waals surface area contributed by atoms with Crippen molar-refractivity contribution in [3.63, 3.8) is 0 Å². The lowest BCUT2D eigenvalue weighted by Crippen LogP contribution is -2.41. The minimum absolute atomic E-state index is 0.0649. The molecule has 3 aromatic carbocycles. The topological polar surface area (TPSA) is 37.4 Å². The quantitative estimate of drug-likeness (QED) is 0.474. The van der Waals surface area contributed by atoms with Gasteiger partial charge in [-0.1, -0.05) is 59.6 Å². The van der Waals surface area contributed by atoms with Crippen molar-refractivity contribution in [3.8, 4) is 0 Å². The van der Waals surface area contributed by atoms with Crippen LogP contribution >= 0.6 is 23.2 Å². The van der Waals surface area contributed by atoms with Gasteiger partial charge >= 0.3 is 0 Å². The van der Waals surface area contributed by atoms with E-state index in [9.17, 15) is 9.59 Å². The molecule has 0 spiro atoms. The van der Waals surface area contributed by atoms with Crippen LogP contribution in [0.5, 0.6) is 0 Å². The summed E-state index contributed by atoms with van der Waals surface area (Å²) in [5.41, 5.74) is 3.21. The Hall–Kier alpha value is -2.62. The fourth-order valence-electron chi connectivity index (χ4n) is 3.95. The summed E-state index contributed by atoms with van der Waals surface area (Å²) in [6.07, 6.45) is 0. The summed E-state index contributed by atoms with van der Waals surface area (Å²) < 4.78 is 0. The zero-order chi connectivity index (χ0) is 20.8. The molecule has 0 aromatic heterocycles. The first-order chi connectivity index (χ1) is 13.8. The van der Waals surface area contributed by atoms with E-state index in [1.807, 2.05) is 66.4 Å². The van der Waals surface area contributed by atoms with Crippen molar-refractivity contribution < 1.29 is 9.59 Å². The normalized spacial score (nSPS) is 18.1. The summed E-state index contributed by atoms with van der Waals surface area (Å²) in [4.78, 5) is 27.2. The highest BCUT2D eigenvalue weighted by atomic mass is 35.5. The van der Waals surface area contributed by atoms with Gasteiger partial charge in [-0.05, 0) is 60.9 Å². The molecule has 1 aliphatic rings. The van der Waals surface area contributed by atoms with E-state index in [0.717, 1.165) is 16.7 Å². The maximum absolute atomic E-state index is 13.5. The molecule has 0 radical (unpaired) electrons. The Kier molecular flexibility index (Phi) is 4.97. The van der Waals surface area contributed by atoms with E-state index in [-0.39, 0.29) is 11.7 Å². The van der Waals surface area contributed by atoms with E-state index >= 15 is 0 Å². The Labute approximate surface area is 179 Å². The van der Waals surface area contributed by atoms with E-state index in [2.05, 4.69) is 0 Å². The van der Waals surface area contributed by atoms with E-state index in [1.165, 1.54) is 6.92 Å². The molecule has 146 valence electrons. The van der Waals surface area contributed by atoms with Crippen LogP contribution in [-0.2, 0) is 12.1 Å². The third-order valence-electron chi connectivity index (χ3n) is 5.63. The average molecular weight is 424 g/mol. The number of hydrogen-bond acceptors (Lipinski definition) is 2. The first kappa shape index (κ1) is 19.7. The van der Waals surface area contributed by atoms with Crippen molar-refractivity contribution in [2.45, 2.75) is 25.9 Å². The van der Waals surface area contributed by atoms with Gasteiger partial charge in [-0.3, -0.25) is 9.59 Å². The highest BCUT2D eigenvalue weighted by Gasteiger charge is 2.47. The Morgan fingerprint density at radius 3 is 2.10 bits per heavy atom. The molecule has 1 amide bonds. The second-order valence-electron chi connectivity index (χ2n) is 7.41. The third-order valence-corrected chi connectivity index (χ3v) is 6.13. The van der Waals surface area contributed by atoms with Crippen molar-refractivity contribution in [1.82, 2.24) is 4.90 Å². The molecule has 0 fully saturated rings. The molecule has 3 aromatic rings. The van der Waals surface area contributed by atoms with Gasteiger partial charge in [-0.15, -0.1) is 0 Å². The molecule has 29 heavy (non-hydrogen) atoms. The van der Waals surface area contributed by atoms with Crippen molar-refractivity contribution >= 4 is 34.9 Å². The van der Waals surface area contributed by atoms with Gasteiger partial charge in [0.15, 0.2) is 5.78 Å². The smallest absolute Gasteiger partial charge is 0.255 e. The Balaban J connectivity index is 1.87. The third kappa shape index (κ3) is 3.35. The molecule has 3 nitrogen and oxygen atoms in total. The zero-order valence-corrected chi connectivity index (χ0v) is 17.6. The molecule has 0 saturated heterocycles. The van der Waals surface area contributed by atoms with Crippen LogP contribution in [0.2, 0.25) is 10.0 Å². The first-order valence-electron chi connectivity index (χ1n) is 9.28. The average Bonchev–Trinajstić information content (AvgIpc) is 2.92. The standard InChI is InChI=1S/C24H19Cl2NO2/c1-15(28)17-5-12-22-21(13-17)23(29)27(14-16-3-8-19(25)9-4-16)24(22,2)18-6-10-20(26)11-7-18/h3-13H,14H2,1-2H3.